The van der Waals surface area contributed by atoms with Gasteiger partial charge in [0.25, 0.3) is 0 Å². The zero-order valence-corrected chi connectivity index (χ0v) is 5.85. The van der Waals surface area contributed by atoms with E-state index in [4.69, 9.17) is 40.1 Å². The third-order valence-corrected chi connectivity index (χ3v) is 0. The summed E-state index contributed by atoms with van der Waals surface area (Å²) in [4.78, 5) is 14.5. The molecule has 0 fully saturated rings. The maximum absolute atomic E-state index is 7.25. The van der Waals surface area contributed by atoms with Gasteiger partial charge in [-0.2, -0.15) is 0 Å². The van der Waals surface area contributed by atoms with Crippen LogP contribution in [-0.4, -0.2) is 0 Å². The van der Waals surface area contributed by atoms with Crippen LogP contribution in [0.1, 0.15) is 0 Å². The van der Waals surface area contributed by atoms with Gasteiger partial charge in [0, 0.05) is 0 Å². The van der Waals surface area contributed by atoms with Crippen LogP contribution in [0.2, 0.25) is 0 Å². The molecule has 0 rings (SSSR count). The summed E-state index contributed by atoms with van der Waals surface area (Å²) in [5.41, 5.74) is 11.5. The Hall–Kier alpha value is 0.442. The molecule has 7 heavy (non-hydrogen) atoms. The first-order chi connectivity index (χ1) is 3.41. The number of hydrogen-bond acceptors (Lipinski definition) is 2. The molecule has 0 saturated heterocycles. The average molecular weight is 237 g/mol. The second-order valence-electron chi connectivity index (χ2n) is 0.0452. The predicted molar refractivity (Wildman–Crippen MR) is 25.2 cm³/mol. The van der Waals surface area contributed by atoms with E-state index in [1.807, 2.05) is 0 Å². The molecule has 0 aliphatic heterocycles. The standard InChI is InChI=1S/2ClH.2NO.Pd/c;;2*1-2;/h2*1H;;;/q;;2*-1;+2/p-2. The summed E-state index contributed by atoms with van der Waals surface area (Å²) in [6.45, 7) is 0. The monoisotopic (exact) mass is 236 g/mol. The van der Waals surface area contributed by atoms with Gasteiger partial charge in [0.1, 0.15) is 0 Å². The maximum atomic E-state index is 7.25. The first kappa shape index (κ1) is 15.7. The van der Waals surface area contributed by atoms with Crippen molar-refractivity contribution in [1.29, 1.82) is 0 Å². The Kier molecular flexibility index (Phi) is 205. The van der Waals surface area contributed by atoms with Crippen molar-refractivity contribution in [2.75, 3.05) is 0 Å². The van der Waals surface area contributed by atoms with E-state index < -0.39 is 0 Å². The largest absolute Gasteiger partial charge is 0.577 e. The van der Waals surface area contributed by atoms with Gasteiger partial charge < -0.3 is 21.0 Å². The van der Waals surface area contributed by atoms with Crippen molar-refractivity contribution in [2.24, 2.45) is 0 Å². The third kappa shape index (κ3) is 650. The summed E-state index contributed by atoms with van der Waals surface area (Å²) in [5.74, 6) is 0. The van der Waals surface area contributed by atoms with Crippen molar-refractivity contribution in [3.63, 3.8) is 0 Å². The molecule has 0 radical (unpaired) electrons. The first-order valence-corrected chi connectivity index (χ1v) is 4.61. The van der Waals surface area contributed by atoms with E-state index in [2.05, 4.69) is 0 Å². The smallest absolute Gasteiger partial charge is 0.423 e. The van der Waals surface area contributed by atoms with Crippen LogP contribution < -0.4 is 0 Å². The second-order valence-corrected chi connectivity index (χ2v) is 2.41. The molecule has 0 aromatic carbocycles. The molecule has 0 atom stereocenters. The van der Waals surface area contributed by atoms with Crippen LogP contribution in [0.15, 0.2) is 0 Å². The molecule has 0 amide bonds. The molecule has 48 valence electrons. The fourth-order valence-electron chi connectivity index (χ4n) is 0. The Morgan fingerprint density at radius 2 is 1.00 bits per heavy atom. The number of rotatable bonds is 0. The Bertz CT molecular complexity index is 21.2. The fraction of sp³-hybridized carbons (Fsp3) is 0. The molecular formula is Cl2N2O2Pd-2. The predicted octanol–water partition coefficient (Wildman–Crippen LogP) is 2.02. The number of hydrogen-bond donors (Lipinski definition) is 0. The van der Waals surface area contributed by atoms with Gasteiger partial charge in [-0.25, -0.2) is 0 Å². The molecule has 0 saturated carbocycles. The molecule has 0 N–H and O–H groups in total. The SMILES string of the molecule is [Cl][Pd][Cl].[N-]=O.[N-]=O. The molecule has 0 aliphatic carbocycles. The van der Waals surface area contributed by atoms with E-state index in [1.165, 1.54) is 0 Å². The molecule has 0 aliphatic rings. The van der Waals surface area contributed by atoms with Crippen LogP contribution in [0, 0.1) is 9.81 Å². The van der Waals surface area contributed by atoms with Crippen LogP contribution in [-0.2, 0) is 15.9 Å². The second kappa shape index (κ2) is 91.7. The quantitative estimate of drug-likeness (QED) is 0.604. The van der Waals surface area contributed by atoms with E-state index in [0.717, 1.165) is 0 Å². The van der Waals surface area contributed by atoms with Crippen molar-refractivity contribution >= 4 is 19.1 Å². The van der Waals surface area contributed by atoms with Crippen LogP contribution in [0.4, 0.5) is 0 Å². The summed E-state index contributed by atoms with van der Waals surface area (Å²) in [5, 5.41) is 0. The molecule has 0 spiro atoms. The normalized spacial score (nSPS) is 4.29. The maximum Gasteiger partial charge on any atom is -0.423 e. The Balaban J connectivity index is -0.0000000360. The summed E-state index contributed by atoms with van der Waals surface area (Å²) < 4.78 is 0. The molecule has 0 aromatic rings. The van der Waals surface area contributed by atoms with Gasteiger partial charge in [0.15, 0.2) is 0 Å². The van der Waals surface area contributed by atoms with E-state index in [1.54, 1.807) is 0 Å². The van der Waals surface area contributed by atoms with E-state index in [9.17, 15) is 0 Å². The van der Waals surface area contributed by atoms with E-state index in [0.29, 0.717) is 0 Å². The molecule has 4 nitrogen and oxygen atoms in total. The summed E-state index contributed by atoms with van der Waals surface area (Å²) in [6.07, 6.45) is 0. The van der Waals surface area contributed by atoms with Gasteiger partial charge in [-0.15, -0.1) is 0 Å². The van der Waals surface area contributed by atoms with Crippen LogP contribution >= 0.6 is 19.1 Å². The molecular weight excluding hydrogens is 237 g/mol. The van der Waals surface area contributed by atoms with Gasteiger partial charge >= 0.3 is 35.0 Å². The minimum atomic E-state index is -0.106. The van der Waals surface area contributed by atoms with Crippen molar-refractivity contribution in [1.82, 2.24) is 0 Å². The third-order valence-electron chi connectivity index (χ3n) is 0. The minimum Gasteiger partial charge on any atom is -0.577 e. The van der Waals surface area contributed by atoms with Gasteiger partial charge in [0.2, 0.25) is 0 Å². The van der Waals surface area contributed by atoms with Crippen molar-refractivity contribution < 1.29 is 15.9 Å². The van der Waals surface area contributed by atoms with E-state index in [-0.39, 0.29) is 15.9 Å². The molecule has 7 heteroatoms. The Morgan fingerprint density at radius 1 is 1.00 bits per heavy atom. The summed E-state index contributed by atoms with van der Waals surface area (Å²) >= 11 is -0.106. The van der Waals surface area contributed by atoms with Gasteiger partial charge in [-0.05, 0) is 0 Å². The summed E-state index contributed by atoms with van der Waals surface area (Å²) in [7, 11) is 9.63. The Morgan fingerprint density at radius 3 is 1.00 bits per heavy atom. The molecule has 0 aromatic heterocycles. The first-order valence-electron chi connectivity index (χ1n) is 0.604. The molecule has 0 unspecified atom stereocenters. The van der Waals surface area contributed by atoms with Crippen LogP contribution in [0.25, 0.3) is 11.2 Å². The zero-order valence-electron chi connectivity index (χ0n) is 2.78. The average Bonchev–Trinajstić information content (AvgIpc) is 1.78. The van der Waals surface area contributed by atoms with Gasteiger partial charge in [0.05, 0.1) is 0 Å². The van der Waals surface area contributed by atoms with Crippen molar-refractivity contribution in [3.05, 3.63) is 21.0 Å². The number of nitroso groups, excluding NO2 is 2. The van der Waals surface area contributed by atoms with Crippen LogP contribution in [0.3, 0.4) is 0 Å². The minimum absolute atomic E-state index is 0.106. The van der Waals surface area contributed by atoms with Crippen molar-refractivity contribution in [2.45, 2.75) is 0 Å². The number of halogens is 2. The Labute approximate surface area is 56.2 Å². The summed E-state index contributed by atoms with van der Waals surface area (Å²) in [6, 6.07) is 0. The topological polar surface area (TPSA) is 78.7 Å². The van der Waals surface area contributed by atoms with Crippen LogP contribution in [0.5, 0.6) is 0 Å². The zero-order chi connectivity index (χ0) is 6.71. The van der Waals surface area contributed by atoms with Gasteiger partial charge in [-0.1, -0.05) is 0 Å². The fourth-order valence-corrected chi connectivity index (χ4v) is 0. The molecule has 0 heterocycles. The van der Waals surface area contributed by atoms with E-state index >= 15 is 0 Å². The number of nitrogens with zero attached hydrogens (tertiary/aromatic N) is 2. The van der Waals surface area contributed by atoms with Crippen molar-refractivity contribution in [3.8, 4) is 0 Å². The van der Waals surface area contributed by atoms with Gasteiger partial charge in [-0.3, -0.25) is 0 Å². The molecule has 0 bridgehead atoms.